The molecule has 0 spiro atoms. The Bertz CT molecular complexity index is 454. The summed E-state index contributed by atoms with van der Waals surface area (Å²) in [4.78, 5) is 4.23. The Morgan fingerprint density at radius 3 is 2.87 bits per heavy atom. The van der Waals surface area contributed by atoms with Crippen molar-refractivity contribution in [3.63, 3.8) is 0 Å². The van der Waals surface area contributed by atoms with Gasteiger partial charge < -0.3 is 5.11 Å². The molecule has 2 aromatic heterocycles. The molecule has 2 rings (SSSR count). The van der Waals surface area contributed by atoms with E-state index in [2.05, 4.69) is 26.0 Å². The average molecular weight is 268 g/mol. The Morgan fingerprint density at radius 1 is 1.47 bits per heavy atom. The summed E-state index contributed by atoms with van der Waals surface area (Å²) >= 11 is 3.28. The van der Waals surface area contributed by atoms with E-state index >= 15 is 0 Å². The van der Waals surface area contributed by atoms with E-state index in [1.54, 1.807) is 17.8 Å². The maximum absolute atomic E-state index is 9.60. The van der Waals surface area contributed by atoms with Gasteiger partial charge in [0.1, 0.15) is 4.60 Å². The molecule has 0 aliphatic heterocycles. The van der Waals surface area contributed by atoms with Crippen LogP contribution in [0, 0.1) is 0 Å². The third-order valence-electron chi connectivity index (χ3n) is 2.02. The number of hydrogen-bond donors (Lipinski definition) is 1. The van der Waals surface area contributed by atoms with Crippen molar-refractivity contribution in [2.75, 3.05) is 0 Å². The Morgan fingerprint density at radius 2 is 2.27 bits per heavy atom. The maximum Gasteiger partial charge on any atom is 0.106 e. The summed E-state index contributed by atoms with van der Waals surface area (Å²) in [6, 6.07) is 5.52. The lowest BCUT2D eigenvalue weighted by atomic mass is 10.2. The van der Waals surface area contributed by atoms with Gasteiger partial charge in [0.2, 0.25) is 0 Å². The van der Waals surface area contributed by atoms with Gasteiger partial charge in [-0.05, 0) is 41.1 Å². The van der Waals surface area contributed by atoms with Gasteiger partial charge in [-0.2, -0.15) is 5.10 Å². The maximum atomic E-state index is 9.60. The summed E-state index contributed by atoms with van der Waals surface area (Å²) in [7, 11) is 0. The van der Waals surface area contributed by atoms with Gasteiger partial charge in [0.15, 0.2) is 0 Å². The normalized spacial score (nSPS) is 12.7. The third kappa shape index (κ3) is 2.08. The van der Waals surface area contributed by atoms with Gasteiger partial charge in [-0.1, -0.05) is 0 Å². The minimum atomic E-state index is -0.623. The van der Waals surface area contributed by atoms with Gasteiger partial charge in [0, 0.05) is 12.4 Å². The highest BCUT2D eigenvalue weighted by Crippen LogP contribution is 2.21. The van der Waals surface area contributed by atoms with Crippen molar-refractivity contribution in [1.29, 1.82) is 0 Å². The van der Waals surface area contributed by atoms with Gasteiger partial charge in [-0.3, -0.25) is 0 Å². The molecule has 2 heterocycles. The summed E-state index contributed by atoms with van der Waals surface area (Å²) in [5, 5.41) is 13.7. The molecule has 78 valence electrons. The van der Waals surface area contributed by atoms with E-state index in [4.69, 9.17) is 0 Å². The van der Waals surface area contributed by atoms with E-state index in [0.29, 0.717) is 10.3 Å². The van der Waals surface area contributed by atoms with Crippen molar-refractivity contribution in [2.45, 2.75) is 13.0 Å². The predicted molar refractivity (Wildman–Crippen MR) is 59.7 cm³/mol. The number of nitrogens with zero attached hydrogens (tertiary/aromatic N) is 3. The van der Waals surface area contributed by atoms with E-state index < -0.39 is 6.10 Å². The third-order valence-corrected chi connectivity index (χ3v) is 2.46. The Hall–Kier alpha value is -1.20. The highest BCUT2D eigenvalue weighted by atomic mass is 79.9. The molecule has 0 saturated carbocycles. The molecule has 2 aromatic rings. The van der Waals surface area contributed by atoms with Crippen LogP contribution in [0.1, 0.15) is 18.7 Å². The highest BCUT2D eigenvalue weighted by Gasteiger charge is 2.11. The molecule has 0 aromatic carbocycles. The van der Waals surface area contributed by atoms with Gasteiger partial charge in [0.25, 0.3) is 0 Å². The lowest BCUT2D eigenvalue weighted by Gasteiger charge is -2.10. The van der Waals surface area contributed by atoms with Crippen LogP contribution in [0.25, 0.3) is 5.69 Å². The van der Waals surface area contributed by atoms with Crippen LogP contribution in [-0.2, 0) is 0 Å². The summed E-state index contributed by atoms with van der Waals surface area (Å²) in [5.74, 6) is 0. The van der Waals surface area contributed by atoms with E-state index in [-0.39, 0.29) is 0 Å². The fourth-order valence-corrected chi connectivity index (χ4v) is 1.68. The fraction of sp³-hybridized carbons (Fsp3) is 0.200. The fourth-order valence-electron chi connectivity index (χ4n) is 1.36. The van der Waals surface area contributed by atoms with E-state index in [9.17, 15) is 5.11 Å². The Kier molecular flexibility index (Phi) is 2.83. The first-order chi connectivity index (χ1) is 7.18. The van der Waals surface area contributed by atoms with Gasteiger partial charge in [-0.25, -0.2) is 9.67 Å². The largest absolute Gasteiger partial charge is 0.387 e. The van der Waals surface area contributed by atoms with E-state index in [1.807, 2.05) is 24.4 Å². The van der Waals surface area contributed by atoms with Crippen LogP contribution in [0.15, 0.2) is 35.2 Å². The molecular weight excluding hydrogens is 258 g/mol. The van der Waals surface area contributed by atoms with Crippen molar-refractivity contribution < 1.29 is 5.11 Å². The molecule has 0 bridgehead atoms. The molecule has 4 nitrogen and oxygen atoms in total. The van der Waals surface area contributed by atoms with Crippen molar-refractivity contribution in [3.8, 4) is 5.69 Å². The summed E-state index contributed by atoms with van der Waals surface area (Å²) < 4.78 is 2.39. The minimum Gasteiger partial charge on any atom is -0.387 e. The van der Waals surface area contributed by atoms with E-state index in [1.165, 1.54) is 0 Å². The number of hydrogen-bond acceptors (Lipinski definition) is 3. The monoisotopic (exact) mass is 267 g/mol. The zero-order valence-electron chi connectivity index (χ0n) is 8.13. The first-order valence-electron chi connectivity index (χ1n) is 4.53. The minimum absolute atomic E-state index is 0.605. The molecular formula is C10H10BrN3O. The van der Waals surface area contributed by atoms with Crippen LogP contribution >= 0.6 is 15.9 Å². The SMILES string of the molecule is CC(O)c1nc(Br)ccc1-n1cccn1. The Labute approximate surface area is 95.7 Å². The van der Waals surface area contributed by atoms with Crippen molar-refractivity contribution in [3.05, 3.63) is 40.9 Å². The van der Waals surface area contributed by atoms with Crippen LogP contribution in [0.4, 0.5) is 0 Å². The Balaban J connectivity index is 2.56. The topological polar surface area (TPSA) is 50.9 Å². The zero-order valence-corrected chi connectivity index (χ0v) is 9.72. The standard InChI is InChI=1S/C10H10BrN3O/c1-7(15)10-8(3-4-9(11)13-10)14-6-2-5-12-14/h2-7,15H,1H3. The number of aromatic nitrogens is 3. The molecule has 1 N–H and O–H groups in total. The molecule has 0 amide bonds. The van der Waals surface area contributed by atoms with Gasteiger partial charge >= 0.3 is 0 Å². The summed E-state index contributed by atoms with van der Waals surface area (Å²) in [6.45, 7) is 1.68. The van der Waals surface area contributed by atoms with Crippen LogP contribution in [0.3, 0.4) is 0 Å². The van der Waals surface area contributed by atoms with Crippen LogP contribution < -0.4 is 0 Å². The average Bonchev–Trinajstić information content (AvgIpc) is 2.70. The first-order valence-corrected chi connectivity index (χ1v) is 5.32. The molecule has 0 aliphatic rings. The van der Waals surface area contributed by atoms with Gasteiger partial charge in [-0.15, -0.1) is 0 Å². The lowest BCUT2D eigenvalue weighted by Crippen LogP contribution is -2.05. The van der Waals surface area contributed by atoms with Gasteiger partial charge in [0.05, 0.1) is 17.5 Å². The predicted octanol–water partition coefficient (Wildman–Crippen LogP) is 2.08. The number of halogens is 1. The van der Waals surface area contributed by atoms with Crippen molar-refractivity contribution >= 4 is 15.9 Å². The first kappa shape index (κ1) is 10.3. The zero-order chi connectivity index (χ0) is 10.8. The molecule has 0 fully saturated rings. The second-order valence-electron chi connectivity index (χ2n) is 3.16. The quantitative estimate of drug-likeness (QED) is 0.848. The molecule has 5 heteroatoms. The highest BCUT2D eigenvalue weighted by molar-refractivity contribution is 9.10. The smallest absolute Gasteiger partial charge is 0.106 e. The number of pyridine rings is 1. The van der Waals surface area contributed by atoms with E-state index in [0.717, 1.165) is 5.69 Å². The lowest BCUT2D eigenvalue weighted by molar-refractivity contribution is 0.193. The molecule has 0 aliphatic carbocycles. The number of aliphatic hydroxyl groups excluding tert-OH is 1. The number of aliphatic hydroxyl groups is 1. The van der Waals surface area contributed by atoms with Crippen LogP contribution in [0.2, 0.25) is 0 Å². The molecule has 0 saturated heterocycles. The molecule has 0 radical (unpaired) electrons. The molecule has 15 heavy (non-hydrogen) atoms. The second kappa shape index (κ2) is 4.12. The summed E-state index contributed by atoms with van der Waals surface area (Å²) in [6.07, 6.45) is 2.88. The molecule has 1 atom stereocenters. The molecule has 1 unspecified atom stereocenters. The van der Waals surface area contributed by atoms with Crippen molar-refractivity contribution in [1.82, 2.24) is 14.8 Å². The van der Waals surface area contributed by atoms with Crippen LogP contribution in [-0.4, -0.2) is 19.9 Å². The number of rotatable bonds is 2. The van der Waals surface area contributed by atoms with Crippen LogP contribution in [0.5, 0.6) is 0 Å². The summed E-state index contributed by atoms with van der Waals surface area (Å²) in [5.41, 5.74) is 1.39. The second-order valence-corrected chi connectivity index (χ2v) is 3.98. The van der Waals surface area contributed by atoms with Crippen molar-refractivity contribution in [2.24, 2.45) is 0 Å².